The van der Waals surface area contributed by atoms with Crippen LogP contribution in [-0.2, 0) is 6.54 Å². The van der Waals surface area contributed by atoms with Gasteiger partial charge in [-0.15, -0.1) is 0 Å². The van der Waals surface area contributed by atoms with Crippen LogP contribution in [0.4, 0.5) is 11.4 Å². The van der Waals surface area contributed by atoms with Gasteiger partial charge in [0.1, 0.15) is 11.3 Å². The van der Waals surface area contributed by atoms with Crippen molar-refractivity contribution in [3.05, 3.63) is 84.4 Å². The molecular weight excluding hydrogens is 356 g/mol. The summed E-state index contributed by atoms with van der Waals surface area (Å²) in [7, 11) is 0. The van der Waals surface area contributed by atoms with Crippen LogP contribution in [0.5, 0.6) is 5.88 Å². The van der Waals surface area contributed by atoms with Crippen LogP contribution in [-0.4, -0.2) is 25.8 Å². The Morgan fingerprint density at radius 1 is 1.37 bits per heavy atom. The Morgan fingerprint density at radius 3 is 2.78 bits per heavy atom. The molecule has 0 amide bonds. The van der Waals surface area contributed by atoms with Gasteiger partial charge in [-0.2, -0.15) is 0 Å². The van der Waals surface area contributed by atoms with Crippen molar-refractivity contribution in [2.24, 2.45) is 4.99 Å². The second-order valence-electron chi connectivity index (χ2n) is 5.65. The smallest absolute Gasteiger partial charge is 0.331 e. The minimum Gasteiger partial charge on any atom is -0.494 e. The molecule has 138 valence electrons. The zero-order chi connectivity index (χ0) is 19.6. The molecule has 0 spiro atoms. The van der Waals surface area contributed by atoms with Crippen LogP contribution < -0.4 is 11.2 Å². The first-order valence-electron chi connectivity index (χ1n) is 7.74. The minimum atomic E-state index is -0.810. The summed E-state index contributed by atoms with van der Waals surface area (Å²) in [5, 5.41) is 21.2. The average molecular weight is 370 g/mol. The molecule has 0 saturated carbocycles. The van der Waals surface area contributed by atoms with E-state index < -0.39 is 22.1 Å². The SMILES string of the molecule is Cc1cc(N=Cc2c(O)n(Cc3ccco3)c(=O)[nH]c2=O)ccc1[N+](=O)[O-]. The number of benzene rings is 1. The standard InChI is InChI=1S/C17H14N4O6/c1-10-7-11(4-5-14(10)21(25)26)18-8-13-15(22)19-17(24)20(16(13)23)9-12-3-2-6-27-12/h2-8,23H,9H2,1H3,(H,19,22,24). The predicted molar refractivity (Wildman–Crippen MR) is 95.9 cm³/mol. The third-order valence-electron chi connectivity index (χ3n) is 3.82. The molecule has 27 heavy (non-hydrogen) atoms. The van der Waals surface area contributed by atoms with Crippen molar-refractivity contribution in [2.75, 3.05) is 0 Å². The van der Waals surface area contributed by atoms with Crippen molar-refractivity contribution in [1.29, 1.82) is 0 Å². The predicted octanol–water partition coefficient (Wildman–Crippen LogP) is 1.85. The number of nitro groups is 1. The van der Waals surface area contributed by atoms with Gasteiger partial charge in [0.25, 0.3) is 11.2 Å². The van der Waals surface area contributed by atoms with E-state index in [9.17, 15) is 24.8 Å². The molecule has 10 nitrogen and oxygen atoms in total. The Morgan fingerprint density at radius 2 is 2.15 bits per heavy atom. The molecule has 1 aromatic carbocycles. The van der Waals surface area contributed by atoms with Gasteiger partial charge in [-0.3, -0.25) is 29.5 Å². The summed E-state index contributed by atoms with van der Waals surface area (Å²) < 4.78 is 6.07. The highest BCUT2D eigenvalue weighted by Crippen LogP contribution is 2.23. The fourth-order valence-electron chi connectivity index (χ4n) is 2.46. The quantitative estimate of drug-likeness (QED) is 0.398. The highest BCUT2D eigenvalue weighted by molar-refractivity contribution is 5.84. The Kier molecular flexibility index (Phi) is 4.71. The summed E-state index contributed by atoms with van der Waals surface area (Å²) in [5.74, 6) is -0.157. The number of hydrogen-bond acceptors (Lipinski definition) is 7. The summed E-state index contributed by atoms with van der Waals surface area (Å²) in [4.78, 5) is 40.5. The molecule has 2 aromatic heterocycles. The number of aromatic hydroxyl groups is 1. The molecule has 2 heterocycles. The lowest BCUT2D eigenvalue weighted by atomic mass is 10.2. The Balaban J connectivity index is 1.98. The van der Waals surface area contributed by atoms with E-state index in [1.807, 2.05) is 0 Å². The van der Waals surface area contributed by atoms with Gasteiger partial charge in [0.05, 0.1) is 23.4 Å². The van der Waals surface area contributed by atoms with Crippen LogP contribution >= 0.6 is 0 Å². The highest BCUT2D eigenvalue weighted by Gasteiger charge is 2.14. The number of aromatic nitrogens is 2. The normalized spacial score (nSPS) is 11.1. The lowest BCUT2D eigenvalue weighted by Gasteiger charge is -2.07. The number of hydrogen-bond donors (Lipinski definition) is 2. The molecule has 0 aliphatic carbocycles. The number of nitrogens with one attached hydrogen (secondary N) is 1. The van der Waals surface area contributed by atoms with Gasteiger partial charge in [0.15, 0.2) is 0 Å². The molecule has 10 heteroatoms. The van der Waals surface area contributed by atoms with E-state index in [0.29, 0.717) is 17.0 Å². The monoisotopic (exact) mass is 370 g/mol. The van der Waals surface area contributed by atoms with Crippen molar-refractivity contribution in [2.45, 2.75) is 13.5 Å². The van der Waals surface area contributed by atoms with E-state index in [2.05, 4.69) is 9.98 Å². The maximum absolute atomic E-state index is 12.0. The third-order valence-corrected chi connectivity index (χ3v) is 3.82. The molecule has 3 aromatic rings. The van der Waals surface area contributed by atoms with Gasteiger partial charge in [0, 0.05) is 17.8 Å². The maximum atomic E-state index is 12.0. The van der Waals surface area contributed by atoms with Crippen molar-refractivity contribution >= 4 is 17.6 Å². The fourth-order valence-corrected chi connectivity index (χ4v) is 2.46. The summed E-state index contributed by atoms with van der Waals surface area (Å²) in [6.07, 6.45) is 2.51. The van der Waals surface area contributed by atoms with Crippen LogP contribution in [0.1, 0.15) is 16.9 Å². The van der Waals surface area contributed by atoms with Crippen LogP contribution in [0.3, 0.4) is 0 Å². The summed E-state index contributed by atoms with van der Waals surface area (Å²) in [6, 6.07) is 7.42. The highest BCUT2D eigenvalue weighted by atomic mass is 16.6. The average Bonchev–Trinajstić information content (AvgIpc) is 3.11. The number of furan rings is 1. The van der Waals surface area contributed by atoms with E-state index in [1.165, 1.54) is 24.5 Å². The summed E-state index contributed by atoms with van der Waals surface area (Å²) in [5.41, 5.74) is -1.14. The van der Waals surface area contributed by atoms with E-state index in [0.717, 1.165) is 10.8 Å². The molecule has 0 fully saturated rings. The Hall–Kier alpha value is -3.95. The molecule has 0 bridgehead atoms. The van der Waals surface area contributed by atoms with Crippen LogP contribution in [0.25, 0.3) is 0 Å². The molecule has 0 saturated heterocycles. The largest absolute Gasteiger partial charge is 0.494 e. The first-order chi connectivity index (χ1) is 12.9. The van der Waals surface area contributed by atoms with Crippen LogP contribution in [0.15, 0.2) is 55.6 Å². The van der Waals surface area contributed by atoms with Gasteiger partial charge in [0.2, 0.25) is 5.88 Å². The van der Waals surface area contributed by atoms with Crippen LogP contribution in [0.2, 0.25) is 0 Å². The van der Waals surface area contributed by atoms with E-state index in [-0.39, 0.29) is 17.8 Å². The third kappa shape index (κ3) is 3.68. The number of rotatable bonds is 5. The topological polar surface area (TPSA) is 144 Å². The first kappa shape index (κ1) is 17.9. The molecule has 0 radical (unpaired) electrons. The van der Waals surface area contributed by atoms with Crippen molar-refractivity contribution in [1.82, 2.24) is 9.55 Å². The number of H-pyrrole nitrogens is 1. The van der Waals surface area contributed by atoms with Gasteiger partial charge in [-0.05, 0) is 31.2 Å². The zero-order valence-electron chi connectivity index (χ0n) is 14.1. The van der Waals surface area contributed by atoms with E-state index in [1.54, 1.807) is 19.1 Å². The fraction of sp³-hybridized carbons (Fsp3) is 0.118. The number of aryl methyl sites for hydroxylation is 1. The van der Waals surface area contributed by atoms with Gasteiger partial charge < -0.3 is 9.52 Å². The number of aliphatic imine (C=N–C) groups is 1. The van der Waals surface area contributed by atoms with Crippen LogP contribution in [0, 0.1) is 17.0 Å². The first-order valence-corrected chi connectivity index (χ1v) is 7.74. The van der Waals surface area contributed by atoms with Crippen molar-refractivity contribution in [3.63, 3.8) is 0 Å². The zero-order valence-corrected chi connectivity index (χ0v) is 14.1. The van der Waals surface area contributed by atoms with Crippen molar-refractivity contribution < 1.29 is 14.4 Å². The second-order valence-corrected chi connectivity index (χ2v) is 5.65. The van der Waals surface area contributed by atoms with Gasteiger partial charge in [-0.25, -0.2) is 4.79 Å². The molecule has 0 atom stereocenters. The molecule has 3 rings (SSSR count). The lowest BCUT2D eigenvalue weighted by molar-refractivity contribution is -0.385. The summed E-state index contributed by atoms with van der Waals surface area (Å²) in [6.45, 7) is 1.48. The summed E-state index contributed by atoms with van der Waals surface area (Å²) >= 11 is 0. The molecular formula is C17H14N4O6. The second kappa shape index (κ2) is 7.12. The maximum Gasteiger partial charge on any atom is 0.331 e. The lowest BCUT2D eigenvalue weighted by Crippen LogP contribution is -2.32. The van der Waals surface area contributed by atoms with E-state index in [4.69, 9.17) is 4.42 Å². The molecule has 0 aliphatic heterocycles. The Labute approximate surface area is 151 Å². The van der Waals surface area contributed by atoms with Gasteiger partial charge >= 0.3 is 5.69 Å². The number of aromatic amines is 1. The molecule has 0 unspecified atom stereocenters. The minimum absolute atomic E-state index is 0.0540. The molecule has 0 aliphatic rings. The Bertz CT molecular complexity index is 1140. The van der Waals surface area contributed by atoms with E-state index >= 15 is 0 Å². The number of nitro benzene ring substituents is 1. The van der Waals surface area contributed by atoms with Gasteiger partial charge in [-0.1, -0.05) is 0 Å². The van der Waals surface area contributed by atoms with Crippen molar-refractivity contribution in [3.8, 4) is 5.88 Å². The number of nitrogens with zero attached hydrogens (tertiary/aromatic N) is 3. The molecule has 2 N–H and O–H groups in total.